The Kier molecular flexibility index (Phi) is 5.60. The summed E-state index contributed by atoms with van der Waals surface area (Å²) in [4.78, 5) is 27.0. The highest BCUT2D eigenvalue weighted by Crippen LogP contribution is 2.29. The Labute approximate surface area is 165 Å². The molecule has 0 radical (unpaired) electrons. The second-order valence-corrected chi connectivity index (χ2v) is 7.67. The molecule has 1 saturated carbocycles. The lowest BCUT2D eigenvalue weighted by atomic mass is 9.94. The molecule has 2 aromatic carbocycles. The number of anilines is 1. The lowest BCUT2D eigenvalue weighted by Gasteiger charge is -2.31. The lowest BCUT2D eigenvalue weighted by molar-refractivity contribution is -0.130. The van der Waals surface area contributed by atoms with Crippen molar-refractivity contribution >= 4 is 17.5 Å². The Morgan fingerprint density at radius 2 is 1.61 bits per heavy atom. The van der Waals surface area contributed by atoms with Gasteiger partial charge in [-0.1, -0.05) is 37.5 Å². The van der Waals surface area contributed by atoms with Gasteiger partial charge in [0.25, 0.3) is 0 Å². The number of hydrogen-bond donors (Lipinski definition) is 1. The van der Waals surface area contributed by atoms with Gasteiger partial charge in [-0.05, 0) is 49.2 Å². The van der Waals surface area contributed by atoms with Crippen LogP contribution in [0.25, 0.3) is 0 Å². The van der Waals surface area contributed by atoms with Gasteiger partial charge in [-0.25, -0.2) is 0 Å². The predicted molar refractivity (Wildman–Crippen MR) is 108 cm³/mol. The molecule has 2 fully saturated rings. The van der Waals surface area contributed by atoms with Crippen LogP contribution in [0.5, 0.6) is 11.5 Å². The van der Waals surface area contributed by atoms with Crippen LogP contribution in [0, 0.1) is 5.92 Å². The van der Waals surface area contributed by atoms with E-state index in [4.69, 9.17) is 4.74 Å². The van der Waals surface area contributed by atoms with Crippen molar-refractivity contribution in [3.63, 3.8) is 0 Å². The lowest BCUT2D eigenvalue weighted by Crippen LogP contribution is -2.38. The number of nitrogens with zero attached hydrogens (tertiary/aromatic N) is 1. The molecule has 1 atom stereocenters. The predicted octanol–water partition coefficient (Wildman–Crippen LogP) is 4.60. The molecular weight excluding hydrogens is 352 g/mol. The standard InChI is InChI=1S/C23H26N2O3/c26-22-15-17(16-25(22)19-7-3-1-4-8-19)23(27)24-18-11-13-21(14-12-18)28-20-9-5-2-6-10-20/h2,5-6,9-14,17,19H,1,3-4,7-8,15-16H2,(H,24,27)/t17-/m1/s1. The van der Waals surface area contributed by atoms with Crippen molar-refractivity contribution in [2.75, 3.05) is 11.9 Å². The monoisotopic (exact) mass is 378 g/mol. The van der Waals surface area contributed by atoms with Crippen LogP contribution in [0.4, 0.5) is 5.69 Å². The summed E-state index contributed by atoms with van der Waals surface area (Å²) in [5.41, 5.74) is 0.717. The van der Waals surface area contributed by atoms with Crippen LogP contribution < -0.4 is 10.1 Å². The summed E-state index contributed by atoms with van der Waals surface area (Å²) in [7, 11) is 0. The topological polar surface area (TPSA) is 58.6 Å². The first-order valence-electron chi connectivity index (χ1n) is 10.1. The van der Waals surface area contributed by atoms with E-state index in [0.29, 0.717) is 30.4 Å². The quantitative estimate of drug-likeness (QED) is 0.827. The van der Waals surface area contributed by atoms with Gasteiger partial charge in [-0.15, -0.1) is 0 Å². The largest absolute Gasteiger partial charge is 0.457 e. The Hall–Kier alpha value is -2.82. The molecule has 0 aromatic heterocycles. The second-order valence-electron chi connectivity index (χ2n) is 7.67. The summed E-state index contributed by atoms with van der Waals surface area (Å²) in [6.45, 7) is 0.546. The van der Waals surface area contributed by atoms with E-state index in [2.05, 4.69) is 5.32 Å². The first kappa shape index (κ1) is 18.5. The molecule has 5 nitrogen and oxygen atoms in total. The van der Waals surface area contributed by atoms with E-state index in [-0.39, 0.29) is 17.7 Å². The van der Waals surface area contributed by atoms with Gasteiger partial charge in [0.15, 0.2) is 0 Å². The highest BCUT2D eigenvalue weighted by Gasteiger charge is 2.38. The van der Waals surface area contributed by atoms with Crippen molar-refractivity contribution in [1.82, 2.24) is 4.90 Å². The second kappa shape index (κ2) is 8.46. The van der Waals surface area contributed by atoms with Gasteiger partial charge in [0.2, 0.25) is 11.8 Å². The van der Waals surface area contributed by atoms with Crippen LogP contribution in [0.15, 0.2) is 54.6 Å². The summed E-state index contributed by atoms with van der Waals surface area (Å²) in [5.74, 6) is 1.26. The zero-order valence-corrected chi connectivity index (χ0v) is 16.0. The molecule has 2 aliphatic rings. The van der Waals surface area contributed by atoms with E-state index < -0.39 is 0 Å². The Bertz CT molecular complexity index is 814. The number of hydrogen-bond acceptors (Lipinski definition) is 3. The number of para-hydroxylation sites is 1. The van der Waals surface area contributed by atoms with E-state index in [9.17, 15) is 9.59 Å². The normalized spacial score (nSPS) is 20.2. The maximum Gasteiger partial charge on any atom is 0.229 e. The van der Waals surface area contributed by atoms with E-state index in [1.54, 1.807) is 0 Å². The van der Waals surface area contributed by atoms with Gasteiger partial charge in [-0.2, -0.15) is 0 Å². The number of benzene rings is 2. The fraction of sp³-hybridized carbons (Fsp3) is 0.391. The molecule has 1 saturated heterocycles. The van der Waals surface area contributed by atoms with E-state index in [1.807, 2.05) is 59.5 Å². The molecule has 5 heteroatoms. The molecule has 1 N–H and O–H groups in total. The summed E-state index contributed by atoms with van der Waals surface area (Å²) >= 11 is 0. The maximum absolute atomic E-state index is 12.6. The molecule has 0 unspecified atom stereocenters. The average molecular weight is 378 g/mol. The summed E-state index contributed by atoms with van der Waals surface area (Å²) < 4.78 is 5.77. The van der Waals surface area contributed by atoms with Crippen LogP contribution in [0.2, 0.25) is 0 Å². The van der Waals surface area contributed by atoms with Gasteiger partial charge in [0, 0.05) is 24.7 Å². The smallest absolute Gasteiger partial charge is 0.229 e. The molecule has 28 heavy (non-hydrogen) atoms. The fourth-order valence-corrected chi connectivity index (χ4v) is 4.13. The molecule has 1 aliphatic carbocycles. The van der Waals surface area contributed by atoms with Crippen molar-refractivity contribution in [3.05, 3.63) is 54.6 Å². The summed E-state index contributed by atoms with van der Waals surface area (Å²) in [6, 6.07) is 17.2. The number of rotatable bonds is 5. The minimum atomic E-state index is -0.269. The zero-order chi connectivity index (χ0) is 19.3. The minimum Gasteiger partial charge on any atom is -0.457 e. The third-order valence-electron chi connectivity index (χ3n) is 5.65. The molecule has 0 bridgehead atoms. The Morgan fingerprint density at radius 3 is 2.32 bits per heavy atom. The van der Waals surface area contributed by atoms with Crippen molar-refractivity contribution in [3.8, 4) is 11.5 Å². The molecule has 146 valence electrons. The van der Waals surface area contributed by atoms with Gasteiger partial charge < -0.3 is 15.0 Å². The van der Waals surface area contributed by atoms with Crippen LogP contribution in [-0.4, -0.2) is 29.3 Å². The maximum atomic E-state index is 12.6. The van der Waals surface area contributed by atoms with Gasteiger partial charge >= 0.3 is 0 Å². The van der Waals surface area contributed by atoms with E-state index in [1.165, 1.54) is 19.3 Å². The Balaban J connectivity index is 1.33. The molecule has 1 heterocycles. The third kappa shape index (κ3) is 4.35. The van der Waals surface area contributed by atoms with E-state index >= 15 is 0 Å². The first-order chi connectivity index (χ1) is 13.7. The fourth-order valence-electron chi connectivity index (χ4n) is 4.13. The van der Waals surface area contributed by atoms with Crippen molar-refractivity contribution < 1.29 is 14.3 Å². The van der Waals surface area contributed by atoms with Crippen LogP contribution in [-0.2, 0) is 9.59 Å². The number of carbonyl (C=O) groups excluding carboxylic acids is 2. The number of carbonyl (C=O) groups is 2. The third-order valence-corrected chi connectivity index (χ3v) is 5.65. The SMILES string of the molecule is O=C(Nc1ccc(Oc2ccccc2)cc1)[C@@H]1CC(=O)N(C2CCCCC2)C1. The van der Waals surface area contributed by atoms with Crippen LogP contribution >= 0.6 is 0 Å². The molecule has 2 amide bonds. The van der Waals surface area contributed by atoms with Gasteiger partial charge in [-0.3, -0.25) is 9.59 Å². The number of likely N-dealkylation sites (tertiary alicyclic amines) is 1. The van der Waals surface area contributed by atoms with E-state index in [0.717, 1.165) is 18.6 Å². The first-order valence-corrected chi connectivity index (χ1v) is 10.1. The van der Waals surface area contributed by atoms with Gasteiger partial charge in [0.05, 0.1) is 5.92 Å². The molecular formula is C23H26N2O3. The number of amides is 2. The van der Waals surface area contributed by atoms with Crippen molar-refractivity contribution in [1.29, 1.82) is 0 Å². The van der Waals surface area contributed by atoms with Crippen LogP contribution in [0.1, 0.15) is 38.5 Å². The summed E-state index contributed by atoms with van der Waals surface area (Å²) in [6.07, 6.45) is 6.08. The molecule has 0 spiro atoms. The van der Waals surface area contributed by atoms with Crippen molar-refractivity contribution in [2.45, 2.75) is 44.6 Å². The molecule has 1 aliphatic heterocycles. The number of nitrogens with one attached hydrogen (secondary N) is 1. The molecule has 4 rings (SSSR count). The highest BCUT2D eigenvalue weighted by molar-refractivity contribution is 5.97. The molecule has 2 aromatic rings. The van der Waals surface area contributed by atoms with Crippen molar-refractivity contribution in [2.24, 2.45) is 5.92 Å². The Morgan fingerprint density at radius 1 is 0.929 bits per heavy atom. The minimum absolute atomic E-state index is 0.0802. The van der Waals surface area contributed by atoms with Gasteiger partial charge in [0.1, 0.15) is 11.5 Å². The van der Waals surface area contributed by atoms with Crippen LogP contribution in [0.3, 0.4) is 0 Å². The average Bonchev–Trinajstić information content (AvgIpc) is 3.13. The highest BCUT2D eigenvalue weighted by atomic mass is 16.5. The summed E-state index contributed by atoms with van der Waals surface area (Å²) in [5, 5.41) is 2.95. The number of ether oxygens (including phenoxy) is 1. The zero-order valence-electron chi connectivity index (χ0n) is 16.0.